The van der Waals surface area contributed by atoms with E-state index in [0.29, 0.717) is 17.1 Å². The average Bonchev–Trinajstić information content (AvgIpc) is 2.95. The van der Waals surface area contributed by atoms with Crippen LogP contribution in [-0.2, 0) is 14.8 Å². The molecule has 0 radical (unpaired) electrons. The maximum Gasteiger partial charge on any atom is 0.244 e. The Morgan fingerprint density at radius 3 is 2.57 bits per heavy atom. The van der Waals surface area contributed by atoms with Gasteiger partial charge in [-0.25, -0.2) is 8.42 Å². The third kappa shape index (κ3) is 4.61. The molecule has 23 heavy (non-hydrogen) atoms. The molecule has 1 atom stereocenters. The minimum Gasteiger partial charge on any atom is -0.352 e. The molecular weight excluding hydrogens is 336 g/mol. The van der Waals surface area contributed by atoms with Gasteiger partial charge in [0.05, 0.1) is 11.9 Å². The highest BCUT2D eigenvalue weighted by Gasteiger charge is 2.32. The van der Waals surface area contributed by atoms with Crippen molar-refractivity contribution < 1.29 is 13.2 Å². The highest BCUT2D eigenvalue weighted by atomic mass is 35.5. The van der Waals surface area contributed by atoms with Crippen LogP contribution in [0.1, 0.15) is 39.0 Å². The number of carbonyl (C=O) groups is 1. The lowest BCUT2D eigenvalue weighted by Crippen LogP contribution is -2.51. The predicted molar refractivity (Wildman–Crippen MR) is 93.3 cm³/mol. The highest BCUT2D eigenvalue weighted by Crippen LogP contribution is 2.26. The molecule has 7 heteroatoms. The van der Waals surface area contributed by atoms with Gasteiger partial charge in [0.15, 0.2) is 0 Å². The minimum absolute atomic E-state index is 0.150. The third-order valence-electron chi connectivity index (χ3n) is 4.09. The smallest absolute Gasteiger partial charge is 0.244 e. The van der Waals surface area contributed by atoms with Gasteiger partial charge in [-0.3, -0.25) is 9.10 Å². The first-order valence-electron chi connectivity index (χ1n) is 7.88. The first kappa shape index (κ1) is 18.1. The van der Waals surface area contributed by atoms with Gasteiger partial charge in [0.2, 0.25) is 15.9 Å². The Bertz CT molecular complexity index is 657. The molecule has 1 saturated carbocycles. The van der Waals surface area contributed by atoms with Gasteiger partial charge in [-0.1, -0.05) is 37.4 Å². The molecule has 1 N–H and O–H groups in total. The molecule has 128 valence electrons. The molecule has 1 aliphatic rings. The normalized spacial score (nSPS) is 17.0. The summed E-state index contributed by atoms with van der Waals surface area (Å²) in [4.78, 5) is 12.6. The van der Waals surface area contributed by atoms with E-state index in [1.165, 1.54) is 4.31 Å². The molecule has 0 aromatic heterocycles. The van der Waals surface area contributed by atoms with Crippen molar-refractivity contribution in [1.82, 2.24) is 5.32 Å². The van der Waals surface area contributed by atoms with Gasteiger partial charge < -0.3 is 5.32 Å². The van der Waals surface area contributed by atoms with Crippen molar-refractivity contribution in [3.63, 3.8) is 0 Å². The molecule has 1 amide bonds. The molecule has 1 aromatic rings. The largest absolute Gasteiger partial charge is 0.352 e. The standard InChI is InChI=1S/C16H23ClN2O3S/c1-3-15(16(20)18-13-8-4-5-9-13)19(23(2,21)22)14-10-6-7-12(17)11-14/h6-7,10-11,13,15H,3-5,8-9H2,1-2H3,(H,18,20)/t15-/m1/s1. The van der Waals surface area contributed by atoms with E-state index in [1.54, 1.807) is 24.3 Å². The fourth-order valence-corrected chi connectivity index (χ4v) is 4.43. The summed E-state index contributed by atoms with van der Waals surface area (Å²) in [5.41, 5.74) is 0.411. The van der Waals surface area contributed by atoms with E-state index >= 15 is 0 Å². The molecule has 1 fully saturated rings. The zero-order valence-corrected chi connectivity index (χ0v) is 15.0. The summed E-state index contributed by atoms with van der Waals surface area (Å²) in [6, 6.07) is 5.94. The number of hydrogen-bond donors (Lipinski definition) is 1. The van der Waals surface area contributed by atoms with E-state index in [0.717, 1.165) is 31.9 Å². The lowest BCUT2D eigenvalue weighted by atomic mass is 10.1. The predicted octanol–water partition coefficient (Wildman–Crippen LogP) is 2.94. The molecule has 2 rings (SSSR count). The molecule has 0 heterocycles. The lowest BCUT2D eigenvalue weighted by molar-refractivity contribution is -0.122. The van der Waals surface area contributed by atoms with E-state index < -0.39 is 16.1 Å². The van der Waals surface area contributed by atoms with Gasteiger partial charge in [-0.05, 0) is 37.5 Å². The van der Waals surface area contributed by atoms with E-state index in [-0.39, 0.29) is 11.9 Å². The van der Waals surface area contributed by atoms with Crippen LogP contribution >= 0.6 is 11.6 Å². The fraction of sp³-hybridized carbons (Fsp3) is 0.562. The van der Waals surface area contributed by atoms with Crippen LogP contribution in [0.25, 0.3) is 0 Å². The van der Waals surface area contributed by atoms with Crippen molar-refractivity contribution in [3.8, 4) is 0 Å². The summed E-state index contributed by atoms with van der Waals surface area (Å²) in [6.07, 6.45) is 5.62. The van der Waals surface area contributed by atoms with Crippen LogP contribution < -0.4 is 9.62 Å². The van der Waals surface area contributed by atoms with Gasteiger partial charge >= 0.3 is 0 Å². The Hall–Kier alpha value is -1.27. The molecule has 1 aromatic carbocycles. The van der Waals surface area contributed by atoms with Crippen LogP contribution in [0.3, 0.4) is 0 Å². The summed E-state index contributed by atoms with van der Waals surface area (Å²) in [7, 11) is -3.61. The molecule has 0 spiro atoms. The number of nitrogens with one attached hydrogen (secondary N) is 1. The van der Waals surface area contributed by atoms with Crippen molar-refractivity contribution in [2.45, 2.75) is 51.1 Å². The van der Waals surface area contributed by atoms with Gasteiger partial charge in [-0.15, -0.1) is 0 Å². The second-order valence-corrected chi connectivity index (χ2v) is 8.25. The van der Waals surface area contributed by atoms with Crippen LogP contribution in [0, 0.1) is 0 Å². The number of sulfonamides is 1. The van der Waals surface area contributed by atoms with Gasteiger partial charge in [0.1, 0.15) is 6.04 Å². The first-order chi connectivity index (χ1) is 10.8. The van der Waals surface area contributed by atoms with Crippen molar-refractivity contribution in [2.75, 3.05) is 10.6 Å². The Labute approximate surface area is 143 Å². The number of amides is 1. The van der Waals surface area contributed by atoms with Crippen LogP contribution in [0.5, 0.6) is 0 Å². The maximum atomic E-state index is 12.6. The molecule has 1 aliphatic carbocycles. The van der Waals surface area contributed by atoms with E-state index in [9.17, 15) is 13.2 Å². The highest BCUT2D eigenvalue weighted by molar-refractivity contribution is 7.92. The van der Waals surface area contributed by atoms with Crippen molar-refractivity contribution >= 4 is 33.2 Å². The number of anilines is 1. The number of hydrogen-bond acceptors (Lipinski definition) is 3. The van der Waals surface area contributed by atoms with Crippen LogP contribution in [-0.4, -0.2) is 32.7 Å². The second-order valence-electron chi connectivity index (χ2n) is 5.95. The Balaban J connectivity index is 2.30. The third-order valence-corrected chi connectivity index (χ3v) is 5.51. The number of carbonyl (C=O) groups excluding carboxylic acids is 1. The monoisotopic (exact) mass is 358 g/mol. The molecule has 0 aliphatic heterocycles. The Kier molecular flexibility index (Phi) is 5.92. The average molecular weight is 359 g/mol. The summed E-state index contributed by atoms with van der Waals surface area (Å²) in [5.74, 6) is -0.246. The quantitative estimate of drug-likeness (QED) is 0.850. The zero-order chi connectivity index (χ0) is 17.0. The maximum absolute atomic E-state index is 12.6. The topological polar surface area (TPSA) is 66.5 Å². The number of benzene rings is 1. The summed E-state index contributed by atoms with van der Waals surface area (Å²) in [6.45, 7) is 1.81. The molecule has 0 bridgehead atoms. The van der Waals surface area contributed by atoms with Gasteiger partial charge in [-0.2, -0.15) is 0 Å². The molecule has 0 saturated heterocycles. The van der Waals surface area contributed by atoms with E-state index in [1.807, 2.05) is 6.92 Å². The summed E-state index contributed by atoms with van der Waals surface area (Å²) < 4.78 is 25.7. The second kappa shape index (κ2) is 7.53. The van der Waals surface area contributed by atoms with Crippen LogP contribution in [0.2, 0.25) is 5.02 Å². The van der Waals surface area contributed by atoms with Crippen LogP contribution in [0.15, 0.2) is 24.3 Å². The molecule has 0 unspecified atom stereocenters. The SMILES string of the molecule is CC[C@H](C(=O)NC1CCCC1)N(c1cccc(Cl)c1)S(C)(=O)=O. The Morgan fingerprint density at radius 2 is 2.04 bits per heavy atom. The first-order valence-corrected chi connectivity index (χ1v) is 10.1. The molecular formula is C16H23ClN2O3S. The van der Waals surface area contributed by atoms with Gasteiger partial charge in [0, 0.05) is 11.1 Å². The minimum atomic E-state index is -3.61. The number of nitrogens with zero attached hydrogens (tertiary/aromatic N) is 1. The van der Waals surface area contributed by atoms with Crippen molar-refractivity contribution in [3.05, 3.63) is 29.3 Å². The van der Waals surface area contributed by atoms with Gasteiger partial charge in [0.25, 0.3) is 0 Å². The van der Waals surface area contributed by atoms with E-state index in [2.05, 4.69) is 5.32 Å². The molecule has 5 nitrogen and oxygen atoms in total. The number of rotatable bonds is 6. The summed E-state index contributed by atoms with van der Waals surface area (Å²) in [5, 5.41) is 3.42. The number of halogens is 1. The van der Waals surface area contributed by atoms with Crippen molar-refractivity contribution in [1.29, 1.82) is 0 Å². The Morgan fingerprint density at radius 1 is 1.39 bits per heavy atom. The zero-order valence-electron chi connectivity index (χ0n) is 13.5. The lowest BCUT2D eigenvalue weighted by Gasteiger charge is -2.31. The summed E-state index contributed by atoms with van der Waals surface area (Å²) >= 11 is 5.98. The van der Waals surface area contributed by atoms with Crippen LogP contribution in [0.4, 0.5) is 5.69 Å². The fourth-order valence-electron chi connectivity index (χ4n) is 3.04. The van der Waals surface area contributed by atoms with Crippen molar-refractivity contribution in [2.24, 2.45) is 0 Å². The van der Waals surface area contributed by atoms with E-state index in [4.69, 9.17) is 11.6 Å².